The largest absolute Gasteiger partial charge is 0.325 e. The molecule has 4 rings (SSSR count). The average Bonchev–Trinajstić information content (AvgIpc) is 2.90. The van der Waals surface area contributed by atoms with Crippen LogP contribution in [-0.4, -0.2) is 17.6 Å². The second kappa shape index (κ2) is 12.0. The molecule has 0 radical (unpaired) electrons. The Morgan fingerprint density at radius 2 is 1.37 bits per heavy atom. The topological polar surface area (TPSA) is 49.4 Å². The highest BCUT2D eigenvalue weighted by molar-refractivity contribution is 7.99. The molecule has 2 amide bonds. The van der Waals surface area contributed by atoms with E-state index in [0.717, 1.165) is 16.8 Å². The van der Waals surface area contributed by atoms with Gasteiger partial charge in [-0.05, 0) is 59.7 Å². The summed E-state index contributed by atoms with van der Waals surface area (Å²) in [5.74, 6) is 0.353. The van der Waals surface area contributed by atoms with Crippen molar-refractivity contribution in [3.05, 3.63) is 132 Å². The standard InChI is InChI=1S/C29H25FN2O2S/c30-25-15-17-26(18-16-25)31-28(33)21-35-20-23-11-13-24(14-12-23)29(34)32(27-9-5-2-6-10-27)19-22-7-3-1-4-8-22/h1-18H,19-21H2,(H,31,33). The number of rotatable bonds is 9. The maximum absolute atomic E-state index is 13.4. The normalized spacial score (nSPS) is 10.5. The van der Waals surface area contributed by atoms with Gasteiger partial charge in [0.25, 0.3) is 5.91 Å². The molecule has 0 aliphatic carbocycles. The van der Waals surface area contributed by atoms with E-state index in [-0.39, 0.29) is 23.4 Å². The molecule has 0 aromatic heterocycles. The number of benzene rings is 4. The summed E-state index contributed by atoms with van der Waals surface area (Å²) in [6.07, 6.45) is 0. The Labute approximate surface area is 208 Å². The molecule has 4 nitrogen and oxygen atoms in total. The summed E-state index contributed by atoms with van der Waals surface area (Å²) in [4.78, 5) is 27.3. The summed E-state index contributed by atoms with van der Waals surface area (Å²) >= 11 is 1.47. The van der Waals surface area contributed by atoms with Gasteiger partial charge in [0, 0.05) is 22.7 Å². The Hall–Kier alpha value is -3.90. The highest BCUT2D eigenvalue weighted by Crippen LogP contribution is 2.21. The first kappa shape index (κ1) is 24.2. The van der Waals surface area contributed by atoms with Crippen LogP contribution in [0.4, 0.5) is 15.8 Å². The van der Waals surface area contributed by atoms with Crippen molar-refractivity contribution >= 4 is 35.0 Å². The van der Waals surface area contributed by atoms with Gasteiger partial charge in [-0.1, -0.05) is 60.7 Å². The van der Waals surface area contributed by atoms with Crippen molar-refractivity contribution in [1.82, 2.24) is 0 Å². The fraction of sp³-hybridized carbons (Fsp3) is 0.103. The molecule has 0 saturated heterocycles. The second-order valence-electron chi connectivity index (χ2n) is 7.96. The molecular weight excluding hydrogens is 459 g/mol. The van der Waals surface area contributed by atoms with Crippen molar-refractivity contribution in [2.24, 2.45) is 0 Å². The summed E-state index contributed by atoms with van der Waals surface area (Å²) in [6, 6.07) is 32.7. The van der Waals surface area contributed by atoms with Gasteiger partial charge in [-0.25, -0.2) is 4.39 Å². The molecule has 0 heterocycles. The number of carbonyl (C=O) groups is 2. The first-order chi connectivity index (χ1) is 17.1. The lowest BCUT2D eigenvalue weighted by atomic mass is 10.1. The van der Waals surface area contributed by atoms with Crippen LogP contribution < -0.4 is 10.2 Å². The lowest BCUT2D eigenvalue weighted by Gasteiger charge is -2.23. The summed E-state index contributed by atoms with van der Waals surface area (Å²) in [6.45, 7) is 0.477. The zero-order valence-electron chi connectivity index (χ0n) is 19.1. The summed E-state index contributed by atoms with van der Waals surface area (Å²) < 4.78 is 13.0. The predicted octanol–water partition coefficient (Wildman–Crippen LogP) is 6.54. The van der Waals surface area contributed by atoms with Crippen molar-refractivity contribution in [2.75, 3.05) is 16.0 Å². The van der Waals surface area contributed by atoms with E-state index in [9.17, 15) is 14.0 Å². The number of anilines is 2. The van der Waals surface area contributed by atoms with Crippen molar-refractivity contribution in [3.8, 4) is 0 Å². The molecule has 0 fully saturated rings. The number of nitrogens with zero attached hydrogens (tertiary/aromatic N) is 1. The average molecular weight is 485 g/mol. The number of nitrogens with one attached hydrogen (secondary N) is 1. The van der Waals surface area contributed by atoms with E-state index in [1.54, 1.807) is 4.90 Å². The molecule has 4 aromatic rings. The van der Waals surface area contributed by atoms with Crippen LogP contribution in [-0.2, 0) is 17.1 Å². The van der Waals surface area contributed by atoms with E-state index in [0.29, 0.717) is 23.5 Å². The fourth-order valence-corrected chi connectivity index (χ4v) is 4.33. The molecule has 35 heavy (non-hydrogen) atoms. The summed E-state index contributed by atoms with van der Waals surface area (Å²) in [5.41, 5.74) is 4.09. The molecule has 0 unspecified atom stereocenters. The van der Waals surface area contributed by atoms with E-state index in [1.165, 1.54) is 36.0 Å². The maximum Gasteiger partial charge on any atom is 0.258 e. The van der Waals surface area contributed by atoms with Crippen LogP contribution in [0.3, 0.4) is 0 Å². The Morgan fingerprint density at radius 3 is 2.03 bits per heavy atom. The van der Waals surface area contributed by atoms with Gasteiger partial charge in [-0.3, -0.25) is 9.59 Å². The van der Waals surface area contributed by atoms with Crippen LogP contribution in [0.5, 0.6) is 0 Å². The maximum atomic E-state index is 13.4. The van der Waals surface area contributed by atoms with Gasteiger partial charge in [0.2, 0.25) is 5.91 Å². The minimum atomic E-state index is -0.341. The molecule has 0 bridgehead atoms. The van der Waals surface area contributed by atoms with Crippen molar-refractivity contribution in [2.45, 2.75) is 12.3 Å². The van der Waals surface area contributed by atoms with Crippen molar-refractivity contribution in [1.29, 1.82) is 0 Å². The van der Waals surface area contributed by atoms with Gasteiger partial charge in [-0.15, -0.1) is 11.8 Å². The van der Waals surface area contributed by atoms with Crippen LogP contribution >= 0.6 is 11.8 Å². The van der Waals surface area contributed by atoms with Gasteiger partial charge in [0.05, 0.1) is 12.3 Å². The van der Waals surface area contributed by atoms with Gasteiger partial charge in [0.15, 0.2) is 0 Å². The lowest BCUT2D eigenvalue weighted by Crippen LogP contribution is -2.30. The SMILES string of the molecule is O=C(CSCc1ccc(C(=O)N(Cc2ccccc2)c2ccccc2)cc1)Nc1ccc(F)cc1. The minimum Gasteiger partial charge on any atom is -0.325 e. The summed E-state index contributed by atoms with van der Waals surface area (Å²) in [5, 5.41) is 2.75. The third-order valence-electron chi connectivity index (χ3n) is 5.33. The Bertz CT molecular complexity index is 1250. The van der Waals surface area contributed by atoms with Gasteiger partial charge < -0.3 is 10.2 Å². The number of hydrogen-bond acceptors (Lipinski definition) is 3. The molecule has 4 aromatic carbocycles. The number of halogens is 1. The molecule has 176 valence electrons. The predicted molar refractivity (Wildman–Crippen MR) is 141 cm³/mol. The molecule has 0 spiro atoms. The fourth-order valence-electron chi connectivity index (χ4n) is 3.55. The lowest BCUT2D eigenvalue weighted by molar-refractivity contribution is -0.113. The quantitative estimate of drug-likeness (QED) is 0.293. The van der Waals surface area contributed by atoms with E-state index >= 15 is 0 Å². The smallest absolute Gasteiger partial charge is 0.258 e. The Kier molecular flexibility index (Phi) is 8.30. The van der Waals surface area contributed by atoms with Crippen LogP contribution in [0.25, 0.3) is 0 Å². The van der Waals surface area contributed by atoms with E-state index < -0.39 is 0 Å². The third-order valence-corrected chi connectivity index (χ3v) is 6.33. The second-order valence-corrected chi connectivity index (χ2v) is 8.94. The van der Waals surface area contributed by atoms with Gasteiger partial charge in [0.1, 0.15) is 5.82 Å². The molecule has 0 aliphatic heterocycles. The van der Waals surface area contributed by atoms with E-state index in [1.807, 2.05) is 84.9 Å². The summed E-state index contributed by atoms with van der Waals surface area (Å²) in [7, 11) is 0. The number of hydrogen-bond donors (Lipinski definition) is 1. The van der Waals surface area contributed by atoms with Crippen molar-refractivity contribution < 1.29 is 14.0 Å². The number of carbonyl (C=O) groups excluding carboxylic acids is 2. The van der Waals surface area contributed by atoms with Gasteiger partial charge in [-0.2, -0.15) is 0 Å². The molecule has 0 saturated carbocycles. The van der Waals surface area contributed by atoms with E-state index in [4.69, 9.17) is 0 Å². The molecule has 6 heteroatoms. The zero-order chi connectivity index (χ0) is 24.5. The van der Waals surface area contributed by atoms with Gasteiger partial charge >= 0.3 is 0 Å². The van der Waals surface area contributed by atoms with Crippen LogP contribution in [0.1, 0.15) is 21.5 Å². The van der Waals surface area contributed by atoms with Crippen molar-refractivity contribution in [3.63, 3.8) is 0 Å². The monoisotopic (exact) mass is 484 g/mol. The highest BCUT2D eigenvalue weighted by Gasteiger charge is 2.18. The molecule has 0 aliphatic rings. The molecule has 0 atom stereocenters. The minimum absolute atomic E-state index is 0.0714. The van der Waals surface area contributed by atoms with E-state index in [2.05, 4.69) is 5.32 Å². The number of amides is 2. The number of thioether (sulfide) groups is 1. The molecular formula is C29H25FN2O2S. The van der Waals surface area contributed by atoms with Crippen LogP contribution in [0.15, 0.2) is 109 Å². The molecule has 1 N–H and O–H groups in total. The first-order valence-electron chi connectivity index (χ1n) is 11.2. The highest BCUT2D eigenvalue weighted by atomic mass is 32.2. The Balaban J connectivity index is 1.36. The number of para-hydroxylation sites is 1. The Morgan fingerprint density at radius 1 is 0.743 bits per heavy atom. The van der Waals surface area contributed by atoms with Crippen LogP contribution in [0.2, 0.25) is 0 Å². The third kappa shape index (κ3) is 7.04. The zero-order valence-corrected chi connectivity index (χ0v) is 19.9. The van der Waals surface area contributed by atoms with Crippen LogP contribution in [0, 0.1) is 5.82 Å². The first-order valence-corrected chi connectivity index (χ1v) is 12.4.